The number of aryl methyl sites for hydroxylation is 2. The van der Waals surface area contributed by atoms with Crippen LogP contribution in [0.15, 0.2) is 67.1 Å². The Balaban J connectivity index is 1.59. The molecule has 108 valence electrons. The van der Waals surface area contributed by atoms with Crippen LogP contribution < -0.4 is 0 Å². The topological polar surface area (TPSA) is 46.5 Å². The zero-order valence-corrected chi connectivity index (χ0v) is 12.1. The monoisotopic (exact) mass is 288 g/mol. The number of hydrogen-bond donors (Lipinski definition) is 1. The highest BCUT2D eigenvalue weighted by atomic mass is 15.3. The number of hydrogen-bond acceptors (Lipinski definition) is 2. The minimum atomic E-state index is 0.858. The van der Waals surface area contributed by atoms with E-state index in [0.717, 1.165) is 24.4 Å². The summed E-state index contributed by atoms with van der Waals surface area (Å²) in [6.07, 6.45) is 5.67. The molecule has 2 aromatic heterocycles. The molecule has 1 N–H and O–H groups in total. The minimum absolute atomic E-state index is 0.858. The van der Waals surface area contributed by atoms with Gasteiger partial charge in [0.15, 0.2) is 0 Å². The molecule has 0 spiro atoms. The molecule has 0 radical (unpaired) electrons. The predicted molar refractivity (Wildman–Crippen MR) is 87.1 cm³/mol. The summed E-state index contributed by atoms with van der Waals surface area (Å²) in [6, 6.07) is 18.6. The molecule has 4 nitrogen and oxygen atoms in total. The molecule has 0 aliphatic rings. The van der Waals surface area contributed by atoms with E-state index in [1.165, 1.54) is 16.5 Å². The highest BCUT2D eigenvalue weighted by molar-refractivity contribution is 5.83. The average molecular weight is 288 g/mol. The fraction of sp³-hybridized carbons (Fsp3) is 0.111. The van der Waals surface area contributed by atoms with Gasteiger partial charge in [-0.3, -0.25) is 4.57 Å². The van der Waals surface area contributed by atoms with Crippen LogP contribution in [-0.4, -0.2) is 19.7 Å². The molecule has 4 rings (SSSR count). The Morgan fingerprint density at radius 3 is 2.64 bits per heavy atom. The maximum absolute atomic E-state index is 4.27. The van der Waals surface area contributed by atoms with Gasteiger partial charge in [0, 0.05) is 29.2 Å². The lowest BCUT2D eigenvalue weighted by molar-refractivity contribution is 0.824. The van der Waals surface area contributed by atoms with Crippen LogP contribution in [0.25, 0.3) is 16.6 Å². The highest BCUT2D eigenvalue weighted by Gasteiger charge is 2.08. The summed E-state index contributed by atoms with van der Waals surface area (Å²) in [4.78, 5) is 3.32. The normalized spacial score (nSPS) is 11.1. The molecule has 0 bridgehead atoms. The Morgan fingerprint density at radius 1 is 0.909 bits per heavy atom. The second-order valence-electron chi connectivity index (χ2n) is 5.31. The fourth-order valence-electron chi connectivity index (χ4n) is 2.82. The van der Waals surface area contributed by atoms with Crippen LogP contribution in [0, 0.1) is 0 Å². The first-order chi connectivity index (χ1) is 10.9. The first-order valence-corrected chi connectivity index (χ1v) is 7.41. The van der Waals surface area contributed by atoms with E-state index < -0.39 is 0 Å². The van der Waals surface area contributed by atoms with E-state index in [9.17, 15) is 0 Å². The number of nitrogens with one attached hydrogen (secondary N) is 1. The number of H-pyrrole nitrogens is 1. The molecular weight excluding hydrogens is 272 g/mol. The lowest BCUT2D eigenvalue weighted by Gasteiger charge is -2.06. The number of nitrogens with zero attached hydrogens (tertiary/aromatic N) is 3. The second-order valence-corrected chi connectivity index (χ2v) is 5.31. The number of rotatable bonds is 4. The third kappa shape index (κ3) is 2.29. The Hall–Kier alpha value is -2.88. The van der Waals surface area contributed by atoms with E-state index >= 15 is 0 Å². The molecule has 0 aliphatic carbocycles. The van der Waals surface area contributed by atoms with E-state index in [-0.39, 0.29) is 0 Å². The Bertz CT molecular complexity index is 890. The van der Waals surface area contributed by atoms with E-state index in [4.69, 9.17) is 0 Å². The van der Waals surface area contributed by atoms with Crippen LogP contribution in [0.4, 0.5) is 0 Å². The van der Waals surface area contributed by atoms with Gasteiger partial charge in [-0.2, -0.15) is 0 Å². The summed E-state index contributed by atoms with van der Waals surface area (Å²) in [5, 5.41) is 9.63. The van der Waals surface area contributed by atoms with Gasteiger partial charge in [0.25, 0.3) is 0 Å². The Morgan fingerprint density at radius 2 is 1.73 bits per heavy atom. The van der Waals surface area contributed by atoms with Crippen LogP contribution in [0.2, 0.25) is 0 Å². The largest absolute Gasteiger partial charge is 0.361 e. The summed E-state index contributed by atoms with van der Waals surface area (Å²) < 4.78 is 2.05. The van der Waals surface area contributed by atoms with Crippen molar-refractivity contribution in [3.05, 3.63) is 78.5 Å². The van der Waals surface area contributed by atoms with E-state index in [1.54, 1.807) is 6.33 Å². The first kappa shape index (κ1) is 12.8. The van der Waals surface area contributed by atoms with Crippen LogP contribution in [-0.2, 0) is 12.8 Å². The minimum Gasteiger partial charge on any atom is -0.361 e. The van der Waals surface area contributed by atoms with Gasteiger partial charge < -0.3 is 4.98 Å². The fourth-order valence-corrected chi connectivity index (χ4v) is 2.82. The van der Waals surface area contributed by atoms with Gasteiger partial charge >= 0.3 is 0 Å². The van der Waals surface area contributed by atoms with E-state index in [2.05, 4.69) is 62.3 Å². The quantitative estimate of drug-likeness (QED) is 0.624. The van der Waals surface area contributed by atoms with Crippen LogP contribution >= 0.6 is 0 Å². The SMILES string of the molecule is c1ccc(-n2cnnc2CCc2c[nH]c3ccccc23)cc1. The van der Waals surface area contributed by atoms with Crippen molar-refractivity contribution in [2.24, 2.45) is 0 Å². The van der Waals surface area contributed by atoms with Gasteiger partial charge in [-0.05, 0) is 30.2 Å². The van der Waals surface area contributed by atoms with Gasteiger partial charge in [0.1, 0.15) is 12.2 Å². The molecule has 0 fully saturated rings. The standard InChI is InChI=1S/C18H16N4/c1-2-6-15(7-3-1)22-13-20-21-18(22)11-10-14-12-19-17-9-5-4-8-16(14)17/h1-9,12-13,19H,10-11H2. The molecule has 2 heterocycles. The van der Waals surface area contributed by atoms with Crippen molar-refractivity contribution >= 4 is 10.9 Å². The van der Waals surface area contributed by atoms with Gasteiger partial charge in [-0.25, -0.2) is 0 Å². The van der Waals surface area contributed by atoms with Crippen molar-refractivity contribution in [2.45, 2.75) is 12.8 Å². The van der Waals surface area contributed by atoms with E-state index in [0.29, 0.717) is 0 Å². The van der Waals surface area contributed by atoms with Gasteiger partial charge in [-0.15, -0.1) is 10.2 Å². The van der Waals surface area contributed by atoms with Crippen molar-refractivity contribution in [1.29, 1.82) is 0 Å². The number of fused-ring (bicyclic) bond motifs is 1. The van der Waals surface area contributed by atoms with Crippen LogP contribution in [0.5, 0.6) is 0 Å². The maximum atomic E-state index is 4.27. The highest BCUT2D eigenvalue weighted by Crippen LogP contribution is 2.19. The summed E-state index contributed by atoms with van der Waals surface area (Å²) in [5.41, 5.74) is 3.60. The third-order valence-corrected chi connectivity index (χ3v) is 3.95. The lowest BCUT2D eigenvalue weighted by atomic mass is 10.1. The number of aromatic amines is 1. The molecule has 22 heavy (non-hydrogen) atoms. The molecule has 4 aromatic rings. The smallest absolute Gasteiger partial charge is 0.137 e. The third-order valence-electron chi connectivity index (χ3n) is 3.95. The summed E-state index contributed by atoms with van der Waals surface area (Å²) in [5.74, 6) is 0.983. The lowest BCUT2D eigenvalue weighted by Crippen LogP contribution is -2.02. The maximum Gasteiger partial charge on any atom is 0.137 e. The molecule has 0 saturated heterocycles. The number of aromatic nitrogens is 4. The first-order valence-electron chi connectivity index (χ1n) is 7.41. The number of benzene rings is 2. The molecular formula is C18H16N4. The van der Waals surface area contributed by atoms with Gasteiger partial charge in [-0.1, -0.05) is 36.4 Å². The van der Waals surface area contributed by atoms with Crippen molar-refractivity contribution in [3.63, 3.8) is 0 Å². The zero-order chi connectivity index (χ0) is 14.8. The molecule has 0 unspecified atom stereocenters. The molecule has 0 amide bonds. The van der Waals surface area contributed by atoms with Crippen molar-refractivity contribution in [2.75, 3.05) is 0 Å². The molecule has 0 aliphatic heterocycles. The second kappa shape index (κ2) is 5.48. The van der Waals surface area contributed by atoms with Crippen molar-refractivity contribution in [1.82, 2.24) is 19.7 Å². The van der Waals surface area contributed by atoms with Crippen molar-refractivity contribution < 1.29 is 0 Å². The Labute approximate surface area is 128 Å². The zero-order valence-electron chi connectivity index (χ0n) is 12.1. The average Bonchev–Trinajstić information content (AvgIpc) is 3.20. The Kier molecular flexibility index (Phi) is 3.20. The van der Waals surface area contributed by atoms with Crippen LogP contribution in [0.3, 0.4) is 0 Å². The van der Waals surface area contributed by atoms with Crippen LogP contribution in [0.1, 0.15) is 11.4 Å². The molecule has 4 heteroatoms. The van der Waals surface area contributed by atoms with Crippen molar-refractivity contribution in [3.8, 4) is 5.69 Å². The van der Waals surface area contributed by atoms with Gasteiger partial charge in [0.05, 0.1) is 0 Å². The van der Waals surface area contributed by atoms with Gasteiger partial charge in [0.2, 0.25) is 0 Å². The van der Waals surface area contributed by atoms with E-state index in [1.807, 2.05) is 18.2 Å². The summed E-state index contributed by atoms with van der Waals surface area (Å²) in [6.45, 7) is 0. The summed E-state index contributed by atoms with van der Waals surface area (Å²) >= 11 is 0. The molecule has 2 aromatic carbocycles. The molecule has 0 saturated carbocycles. The predicted octanol–water partition coefficient (Wildman–Crippen LogP) is 3.53. The molecule has 0 atom stereocenters. The number of para-hydroxylation sites is 2. The summed E-state index contributed by atoms with van der Waals surface area (Å²) in [7, 11) is 0.